The fraction of sp³-hybridized carbons (Fsp3) is 0.500. The summed E-state index contributed by atoms with van der Waals surface area (Å²) in [4.78, 5) is 25.7. The molecule has 0 atom stereocenters. The predicted octanol–water partition coefficient (Wildman–Crippen LogP) is 1.33. The molecule has 1 fully saturated rings. The minimum Gasteiger partial charge on any atom is -0.341 e. The van der Waals surface area contributed by atoms with Gasteiger partial charge in [0.15, 0.2) is 0 Å². The molecule has 6 heteroatoms. The summed E-state index contributed by atoms with van der Waals surface area (Å²) in [7, 11) is 1.80. The summed E-state index contributed by atoms with van der Waals surface area (Å²) in [5.41, 5.74) is 1.79. The number of aryl methyl sites for hydroxylation is 1. The van der Waals surface area contributed by atoms with E-state index >= 15 is 0 Å². The van der Waals surface area contributed by atoms with Crippen molar-refractivity contribution in [2.45, 2.75) is 25.8 Å². The van der Waals surface area contributed by atoms with E-state index in [0.29, 0.717) is 0 Å². The fourth-order valence-corrected chi connectivity index (χ4v) is 2.58. The summed E-state index contributed by atoms with van der Waals surface area (Å²) in [6, 6.07) is 7.42. The second kappa shape index (κ2) is 7.79. The number of benzene rings is 1. The molecule has 120 valence electrons. The number of anilines is 1. The molecule has 1 aromatic carbocycles. The summed E-state index contributed by atoms with van der Waals surface area (Å²) in [6.45, 7) is 3.84. The molecule has 0 bridgehead atoms. The van der Waals surface area contributed by atoms with Crippen molar-refractivity contribution < 1.29 is 9.59 Å². The highest BCUT2D eigenvalue weighted by molar-refractivity contribution is 5.92. The first kappa shape index (κ1) is 16.3. The first-order valence-corrected chi connectivity index (χ1v) is 7.64. The van der Waals surface area contributed by atoms with Crippen LogP contribution in [0, 0.1) is 6.92 Å². The van der Waals surface area contributed by atoms with E-state index in [-0.39, 0.29) is 24.5 Å². The van der Waals surface area contributed by atoms with E-state index in [9.17, 15) is 9.59 Å². The molecule has 1 aromatic rings. The van der Waals surface area contributed by atoms with Crippen molar-refractivity contribution in [3.63, 3.8) is 0 Å². The van der Waals surface area contributed by atoms with Gasteiger partial charge >= 0.3 is 6.03 Å². The van der Waals surface area contributed by atoms with Gasteiger partial charge in [-0.2, -0.15) is 0 Å². The van der Waals surface area contributed by atoms with Gasteiger partial charge in [0.1, 0.15) is 0 Å². The van der Waals surface area contributed by atoms with Crippen molar-refractivity contribution in [3.05, 3.63) is 29.8 Å². The van der Waals surface area contributed by atoms with E-state index in [1.54, 1.807) is 11.9 Å². The molecule has 2 rings (SSSR count). The van der Waals surface area contributed by atoms with Gasteiger partial charge in [0, 0.05) is 18.8 Å². The highest BCUT2D eigenvalue weighted by atomic mass is 16.2. The Morgan fingerprint density at radius 2 is 2.05 bits per heavy atom. The number of urea groups is 1. The van der Waals surface area contributed by atoms with Gasteiger partial charge in [-0.25, -0.2) is 4.79 Å². The van der Waals surface area contributed by atoms with Crippen molar-refractivity contribution in [3.8, 4) is 0 Å². The van der Waals surface area contributed by atoms with Crippen molar-refractivity contribution in [2.24, 2.45) is 0 Å². The molecule has 0 aliphatic carbocycles. The molecule has 0 unspecified atom stereocenters. The Morgan fingerprint density at radius 3 is 2.73 bits per heavy atom. The number of hydrogen-bond acceptors (Lipinski definition) is 3. The Labute approximate surface area is 131 Å². The number of hydrogen-bond donors (Lipinski definition) is 3. The Hall–Kier alpha value is -2.08. The van der Waals surface area contributed by atoms with Crippen LogP contribution in [0.3, 0.4) is 0 Å². The standard InChI is InChI=1S/C16H24N4O2/c1-12-4-3-5-13(10-12)19-16(22)18-11-15(21)20(2)14-6-8-17-9-7-14/h3-5,10,14,17H,6-9,11H2,1-2H3,(H2,18,19,22). The largest absolute Gasteiger partial charge is 0.341 e. The molecule has 6 nitrogen and oxygen atoms in total. The topological polar surface area (TPSA) is 73.5 Å². The number of carbonyl (C=O) groups is 2. The van der Waals surface area contributed by atoms with E-state index < -0.39 is 0 Å². The monoisotopic (exact) mass is 304 g/mol. The van der Waals surface area contributed by atoms with Gasteiger partial charge < -0.3 is 20.9 Å². The number of piperidine rings is 1. The van der Waals surface area contributed by atoms with Gasteiger partial charge in [0.05, 0.1) is 6.54 Å². The van der Waals surface area contributed by atoms with E-state index in [1.807, 2.05) is 31.2 Å². The van der Waals surface area contributed by atoms with Crippen molar-refractivity contribution in [1.29, 1.82) is 0 Å². The lowest BCUT2D eigenvalue weighted by molar-refractivity contribution is -0.131. The SMILES string of the molecule is Cc1cccc(NC(=O)NCC(=O)N(C)C2CCNCC2)c1. The molecule has 0 saturated carbocycles. The lowest BCUT2D eigenvalue weighted by Gasteiger charge is -2.31. The summed E-state index contributed by atoms with van der Waals surface area (Å²) in [6.07, 6.45) is 1.91. The molecule has 1 aliphatic rings. The summed E-state index contributed by atoms with van der Waals surface area (Å²) >= 11 is 0. The number of rotatable bonds is 4. The number of likely N-dealkylation sites (N-methyl/N-ethyl adjacent to an activating group) is 1. The van der Waals surface area contributed by atoms with Crippen LogP contribution in [0.15, 0.2) is 24.3 Å². The van der Waals surface area contributed by atoms with Crippen molar-refractivity contribution in [1.82, 2.24) is 15.5 Å². The zero-order valence-corrected chi connectivity index (χ0v) is 13.2. The average Bonchev–Trinajstić information content (AvgIpc) is 2.52. The highest BCUT2D eigenvalue weighted by Crippen LogP contribution is 2.10. The van der Waals surface area contributed by atoms with Gasteiger partial charge in [0.2, 0.25) is 5.91 Å². The van der Waals surface area contributed by atoms with Crippen LogP contribution in [0.4, 0.5) is 10.5 Å². The molecule has 1 aliphatic heterocycles. The molecule has 0 aromatic heterocycles. The summed E-state index contributed by atoms with van der Waals surface area (Å²) in [5, 5.41) is 8.61. The number of nitrogens with zero attached hydrogens (tertiary/aromatic N) is 1. The van der Waals surface area contributed by atoms with E-state index in [2.05, 4.69) is 16.0 Å². The van der Waals surface area contributed by atoms with Crippen LogP contribution >= 0.6 is 0 Å². The Morgan fingerprint density at radius 1 is 1.32 bits per heavy atom. The average molecular weight is 304 g/mol. The maximum Gasteiger partial charge on any atom is 0.319 e. The molecule has 1 heterocycles. The smallest absolute Gasteiger partial charge is 0.319 e. The third-order valence-corrected chi connectivity index (χ3v) is 3.93. The van der Waals surface area contributed by atoms with Crippen molar-refractivity contribution in [2.75, 3.05) is 32.0 Å². The predicted molar refractivity (Wildman–Crippen MR) is 86.9 cm³/mol. The normalized spacial score (nSPS) is 15.2. The van der Waals surface area contributed by atoms with Crippen LogP contribution in [0.1, 0.15) is 18.4 Å². The Balaban J connectivity index is 1.76. The van der Waals surface area contributed by atoms with E-state index in [4.69, 9.17) is 0 Å². The molecular formula is C16H24N4O2. The van der Waals surface area contributed by atoms with Gasteiger partial charge in [0.25, 0.3) is 0 Å². The Bertz CT molecular complexity index is 527. The first-order chi connectivity index (χ1) is 10.6. The number of carbonyl (C=O) groups excluding carboxylic acids is 2. The molecule has 1 saturated heterocycles. The van der Waals surface area contributed by atoms with Crippen LogP contribution in [0.25, 0.3) is 0 Å². The van der Waals surface area contributed by atoms with Gasteiger partial charge in [-0.15, -0.1) is 0 Å². The lowest BCUT2D eigenvalue weighted by atomic mass is 10.1. The van der Waals surface area contributed by atoms with Crippen molar-refractivity contribution >= 4 is 17.6 Å². The minimum absolute atomic E-state index is 0.0120. The zero-order valence-electron chi connectivity index (χ0n) is 13.2. The lowest BCUT2D eigenvalue weighted by Crippen LogP contribution is -2.47. The van der Waals surface area contributed by atoms with Gasteiger partial charge in [-0.3, -0.25) is 4.79 Å². The highest BCUT2D eigenvalue weighted by Gasteiger charge is 2.21. The maximum atomic E-state index is 12.1. The van der Waals surface area contributed by atoms with Gasteiger partial charge in [-0.1, -0.05) is 12.1 Å². The quantitative estimate of drug-likeness (QED) is 0.785. The van der Waals surface area contributed by atoms with E-state index in [1.165, 1.54) is 0 Å². The summed E-state index contributed by atoms with van der Waals surface area (Å²) in [5.74, 6) is -0.0636. The van der Waals surface area contributed by atoms with Crippen LogP contribution < -0.4 is 16.0 Å². The van der Waals surface area contributed by atoms with Crippen LogP contribution in [-0.2, 0) is 4.79 Å². The third-order valence-electron chi connectivity index (χ3n) is 3.93. The van der Waals surface area contributed by atoms with Gasteiger partial charge in [-0.05, 0) is 50.6 Å². The molecular weight excluding hydrogens is 280 g/mol. The Kier molecular flexibility index (Phi) is 5.77. The third kappa shape index (κ3) is 4.73. The molecule has 0 radical (unpaired) electrons. The number of nitrogens with one attached hydrogen (secondary N) is 3. The number of amides is 3. The van der Waals surface area contributed by atoms with E-state index in [0.717, 1.165) is 37.2 Å². The molecule has 3 N–H and O–H groups in total. The maximum absolute atomic E-state index is 12.1. The minimum atomic E-state index is -0.363. The second-order valence-electron chi connectivity index (χ2n) is 5.66. The van der Waals surface area contributed by atoms with Crippen LogP contribution in [-0.4, -0.2) is 49.6 Å². The van der Waals surface area contributed by atoms with Crippen LogP contribution in [0.5, 0.6) is 0 Å². The zero-order chi connectivity index (χ0) is 15.9. The molecule has 22 heavy (non-hydrogen) atoms. The first-order valence-electron chi connectivity index (χ1n) is 7.64. The molecule has 3 amide bonds. The van der Waals surface area contributed by atoms with Crippen LogP contribution in [0.2, 0.25) is 0 Å². The summed E-state index contributed by atoms with van der Waals surface area (Å²) < 4.78 is 0. The fourth-order valence-electron chi connectivity index (χ4n) is 2.58. The molecule has 0 spiro atoms. The second-order valence-corrected chi connectivity index (χ2v) is 5.66.